The molecule has 206 valence electrons. The summed E-state index contributed by atoms with van der Waals surface area (Å²) in [4.78, 5) is 0. The van der Waals surface area contributed by atoms with Crippen LogP contribution in [0.3, 0.4) is 0 Å². The largest absolute Gasteiger partial charge is 0.397 e. The summed E-state index contributed by atoms with van der Waals surface area (Å²) >= 11 is 0. The number of hydrogen-bond acceptors (Lipinski definition) is 11. The van der Waals surface area contributed by atoms with Gasteiger partial charge in [-0.1, -0.05) is 65.9 Å². The standard InChI is InChI=1S/C22H25N3O11S2/c1-32-22-21(33-14-15-8-4-2-5-9-15)20(36-38(29,30)31)19(35-37(26,27)28)18(34-22)13-25-12-17(23-24-25)16-10-6-3-7-11-16/h2-12,18-22H,13-14H2,1H3,(H,26,27,28)(H,29,30,31)/t18-,19-,20+,21+,22+/m1/s1. The lowest BCUT2D eigenvalue weighted by atomic mass is 9.98. The first-order chi connectivity index (χ1) is 18.0. The zero-order valence-corrected chi connectivity index (χ0v) is 21.5. The predicted molar refractivity (Wildman–Crippen MR) is 129 cm³/mol. The summed E-state index contributed by atoms with van der Waals surface area (Å²) in [6.07, 6.45) is -6.20. The zero-order chi connectivity index (χ0) is 27.3. The van der Waals surface area contributed by atoms with Crippen molar-refractivity contribution >= 4 is 20.8 Å². The van der Waals surface area contributed by atoms with E-state index in [4.69, 9.17) is 22.6 Å². The molecule has 0 spiro atoms. The van der Waals surface area contributed by atoms with Crippen molar-refractivity contribution in [1.29, 1.82) is 0 Å². The number of hydrogen-bond donors (Lipinski definition) is 2. The van der Waals surface area contributed by atoms with Gasteiger partial charge in [-0.25, -0.2) is 13.0 Å². The van der Waals surface area contributed by atoms with Crippen molar-refractivity contribution in [3.05, 3.63) is 72.4 Å². The molecule has 5 atom stereocenters. The maximum absolute atomic E-state index is 11.8. The van der Waals surface area contributed by atoms with Gasteiger partial charge in [-0.15, -0.1) is 5.10 Å². The molecule has 14 nitrogen and oxygen atoms in total. The van der Waals surface area contributed by atoms with Crippen molar-refractivity contribution in [2.75, 3.05) is 7.11 Å². The van der Waals surface area contributed by atoms with Crippen molar-refractivity contribution in [3.8, 4) is 11.3 Å². The second kappa shape index (κ2) is 11.9. The fourth-order valence-corrected chi connectivity index (χ4v) is 4.99. The first-order valence-electron chi connectivity index (χ1n) is 11.1. The van der Waals surface area contributed by atoms with E-state index in [0.717, 1.165) is 5.56 Å². The van der Waals surface area contributed by atoms with Crippen LogP contribution < -0.4 is 0 Å². The molecule has 0 bridgehead atoms. The highest BCUT2D eigenvalue weighted by molar-refractivity contribution is 7.81. The van der Waals surface area contributed by atoms with E-state index in [2.05, 4.69) is 10.3 Å². The van der Waals surface area contributed by atoms with Crippen LogP contribution >= 0.6 is 0 Å². The van der Waals surface area contributed by atoms with Gasteiger partial charge in [0.2, 0.25) is 0 Å². The molecule has 1 fully saturated rings. The van der Waals surface area contributed by atoms with Crippen molar-refractivity contribution in [1.82, 2.24) is 15.0 Å². The Labute approximate surface area is 218 Å². The molecule has 2 N–H and O–H groups in total. The van der Waals surface area contributed by atoms with Gasteiger partial charge < -0.3 is 14.2 Å². The van der Waals surface area contributed by atoms with Crippen molar-refractivity contribution < 1.29 is 48.5 Å². The topological polar surface area (TPSA) is 186 Å². The van der Waals surface area contributed by atoms with Crippen molar-refractivity contribution in [2.24, 2.45) is 0 Å². The predicted octanol–water partition coefficient (Wildman–Crippen LogP) is 1.28. The normalized spacial score (nSPS) is 24.3. The van der Waals surface area contributed by atoms with Gasteiger partial charge in [0.25, 0.3) is 0 Å². The molecule has 38 heavy (non-hydrogen) atoms. The van der Waals surface area contributed by atoms with Crippen LogP contribution in [0, 0.1) is 0 Å². The lowest BCUT2D eigenvalue weighted by Crippen LogP contribution is -2.62. The highest BCUT2D eigenvalue weighted by atomic mass is 32.3. The molecule has 0 unspecified atom stereocenters. The molecule has 1 aromatic heterocycles. The molecule has 2 aromatic carbocycles. The number of ether oxygens (including phenoxy) is 3. The summed E-state index contributed by atoms with van der Waals surface area (Å²) < 4.78 is 93.8. The minimum Gasteiger partial charge on any atom is -0.365 e. The van der Waals surface area contributed by atoms with E-state index in [1.165, 1.54) is 11.8 Å². The van der Waals surface area contributed by atoms with Gasteiger partial charge in [0.1, 0.15) is 30.1 Å². The second-order valence-electron chi connectivity index (χ2n) is 8.21. The van der Waals surface area contributed by atoms with Crippen LogP contribution in [0.25, 0.3) is 11.3 Å². The SMILES string of the molecule is CO[C@H]1O[C@H](Cn2cc(-c3ccccc3)nn2)[C@@H](OS(=O)(=O)O)[C@H](OS(=O)(=O)O)[C@@H]1OCc1ccccc1. The summed E-state index contributed by atoms with van der Waals surface area (Å²) in [6, 6.07) is 17.8. The molecular weight excluding hydrogens is 546 g/mol. The smallest absolute Gasteiger partial charge is 0.365 e. The monoisotopic (exact) mass is 571 g/mol. The van der Waals surface area contributed by atoms with E-state index < -0.39 is 51.5 Å². The van der Waals surface area contributed by atoms with Crippen molar-refractivity contribution in [3.63, 3.8) is 0 Å². The number of aromatic nitrogens is 3. The molecule has 0 saturated carbocycles. The molecule has 1 aliphatic heterocycles. The van der Waals surface area contributed by atoms with Crippen molar-refractivity contribution in [2.45, 2.75) is 43.9 Å². The van der Waals surface area contributed by atoms with E-state index >= 15 is 0 Å². The summed E-state index contributed by atoms with van der Waals surface area (Å²) in [5.41, 5.74) is 1.93. The van der Waals surface area contributed by atoms with Gasteiger partial charge in [-0.05, 0) is 5.56 Å². The fourth-order valence-electron chi connectivity index (χ4n) is 3.98. The van der Waals surface area contributed by atoms with Crippen LogP contribution in [0.2, 0.25) is 0 Å². The summed E-state index contributed by atoms with van der Waals surface area (Å²) in [7, 11) is -9.09. The van der Waals surface area contributed by atoms with Gasteiger partial charge in [-0.2, -0.15) is 16.8 Å². The molecule has 2 heterocycles. The molecule has 4 rings (SSSR count). The summed E-state index contributed by atoms with van der Waals surface area (Å²) in [5, 5.41) is 8.07. The Bertz CT molecular complexity index is 1400. The Kier molecular flexibility index (Phi) is 8.86. The molecule has 0 radical (unpaired) electrons. The number of rotatable bonds is 11. The molecule has 1 saturated heterocycles. The molecule has 0 aliphatic carbocycles. The van der Waals surface area contributed by atoms with E-state index in [0.29, 0.717) is 11.3 Å². The Morgan fingerprint density at radius 2 is 1.50 bits per heavy atom. The average molecular weight is 572 g/mol. The average Bonchev–Trinajstić information content (AvgIpc) is 3.33. The quantitative estimate of drug-likeness (QED) is 0.314. The van der Waals surface area contributed by atoms with Crippen LogP contribution in [0.5, 0.6) is 0 Å². The lowest BCUT2D eigenvalue weighted by Gasteiger charge is -2.43. The van der Waals surface area contributed by atoms with Gasteiger partial charge in [0, 0.05) is 12.7 Å². The van der Waals surface area contributed by atoms with Crippen LogP contribution in [0.15, 0.2) is 66.9 Å². The third-order valence-electron chi connectivity index (χ3n) is 5.55. The van der Waals surface area contributed by atoms with E-state index in [9.17, 15) is 25.9 Å². The Morgan fingerprint density at radius 3 is 2.11 bits per heavy atom. The molecular formula is C22H25N3O11S2. The Morgan fingerprint density at radius 1 is 0.895 bits per heavy atom. The Hall–Kier alpha value is -2.80. The molecule has 16 heteroatoms. The third kappa shape index (κ3) is 7.62. The van der Waals surface area contributed by atoms with E-state index in [1.54, 1.807) is 48.7 Å². The second-order valence-corrected chi connectivity index (χ2v) is 10.3. The molecule has 1 aliphatic rings. The first kappa shape index (κ1) is 28.2. The summed E-state index contributed by atoms with van der Waals surface area (Å²) in [6.45, 7) is -0.330. The van der Waals surface area contributed by atoms with Crippen LogP contribution in [-0.4, -0.2) is 78.8 Å². The number of nitrogens with zero attached hydrogens (tertiary/aromatic N) is 3. The third-order valence-corrected chi connectivity index (χ3v) is 6.48. The van der Waals surface area contributed by atoms with Crippen LogP contribution in [0.1, 0.15) is 5.56 Å². The van der Waals surface area contributed by atoms with E-state index in [1.807, 2.05) is 18.2 Å². The highest BCUT2D eigenvalue weighted by Crippen LogP contribution is 2.32. The first-order valence-corrected chi connectivity index (χ1v) is 13.9. The Balaban J connectivity index is 1.65. The minimum atomic E-state index is -5.17. The maximum atomic E-state index is 11.8. The highest BCUT2D eigenvalue weighted by Gasteiger charge is 2.52. The van der Waals surface area contributed by atoms with E-state index in [-0.39, 0.29) is 13.2 Å². The lowest BCUT2D eigenvalue weighted by molar-refractivity contribution is -0.295. The zero-order valence-electron chi connectivity index (χ0n) is 19.9. The van der Waals surface area contributed by atoms with Crippen LogP contribution in [-0.2, 0) is 56.5 Å². The minimum absolute atomic E-state index is 0.0904. The van der Waals surface area contributed by atoms with Gasteiger partial charge in [0.05, 0.1) is 19.3 Å². The van der Waals surface area contributed by atoms with Gasteiger partial charge >= 0.3 is 20.8 Å². The summed E-state index contributed by atoms with van der Waals surface area (Å²) in [5.74, 6) is 0. The van der Waals surface area contributed by atoms with Crippen LogP contribution in [0.4, 0.5) is 0 Å². The number of methoxy groups -OCH3 is 1. The van der Waals surface area contributed by atoms with Gasteiger partial charge in [-0.3, -0.25) is 9.11 Å². The molecule has 3 aromatic rings. The fraction of sp³-hybridized carbons (Fsp3) is 0.364. The van der Waals surface area contributed by atoms with Gasteiger partial charge in [0.15, 0.2) is 6.29 Å². The maximum Gasteiger partial charge on any atom is 0.397 e. The number of benzene rings is 2. The molecule has 0 amide bonds.